The molecule has 3 aliphatic heterocycles. The van der Waals surface area contributed by atoms with E-state index in [-0.39, 0.29) is 40.5 Å². The van der Waals surface area contributed by atoms with Crippen molar-refractivity contribution in [3.05, 3.63) is 25.3 Å². The van der Waals surface area contributed by atoms with E-state index in [0.717, 1.165) is 6.42 Å². The van der Waals surface area contributed by atoms with Gasteiger partial charge in [0.1, 0.15) is 6.04 Å². The average Bonchev–Trinajstić information content (AvgIpc) is 3.40. The van der Waals surface area contributed by atoms with Crippen molar-refractivity contribution in [2.45, 2.75) is 99.7 Å². The molecule has 0 saturated carbocycles. The number of hydrogen-bond acceptors (Lipinski definition) is 6. The summed E-state index contributed by atoms with van der Waals surface area (Å²) in [7, 11) is 0. The lowest BCUT2D eigenvalue weighted by molar-refractivity contribution is -0.154. The highest BCUT2D eigenvalue weighted by molar-refractivity contribution is 9.09. The van der Waals surface area contributed by atoms with E-state index in [1.165, 1.54) is 0 Å². The highest BCUT2D eigenvalue weighted by atomic mass is 79.9. The van der Waals surface area contributed by atoms with Gasteiger partial charge in [-0.15, -0.1) is 24.9 Å². The Morgan fingerprint density at radius 2 is 1.95 bits per heavy atom. The number of nitrogens with zero attached hydrogens (tertiary/aromatic N) is 2. The summed E-state index contributed by atoms with van der Waals surface area (Å²) in [5.74, 6) is -2.09. The molecule has 0 radical (unpaired) electrons. The molecule has 0 aromatic heterocycles. The first-order chi connectivity index (χ1) is 17.7. The molecule has 0 aromatic rings. The minimum Gasteiger partial charge on any atom is -0.465 e. The molecule has 7 atom stereocenters. The highest BCUT2D eigenvalue weighted by Gasteiger charge is 2.76. The van der Waals surface area contributed by atoms with Crippen LogP contribution >= 0.6 is 27.7 Å². The normalized spacial score (nSPS) is 31.2. The number of ether oxygens (including phenoxy) is 1. The first kappa shape index (κ1) is 31.2. The zero-order valence-electron chi connectivity index (χ0n) is 23.7. The van der Waals surface area contributed by atoms with Crippen LogP contribution in [0.2, 0.25) is 0 Å². The van der Waals surface area contributed by atoms with Gasteiger partial charge in [-0.2, -0.15) is 0 Å². The maximum Gasteiger partial charge on any atom is 0.310 e. The fourth-order valence-corrected chi connectivity index (χ4v) is 10.6. The lowest BCUT2D eigenvalue weighted by Gasteiger charge is -2.46. The molecule has 3 unspecified atom stereocenters. The summed E-state index contributed by atoms with van der Waals surface area (Å²) in [4.78, 5) is 45.8. The molecule has 3 rings (SSSR count). The van der Waals surface area contributed by atoms with Gasteiger partial charge >= 0.3 is 5.97 Å². The number of aliphatic hydroxyl groups excluding tert-OH is 1. The van der Waals surface area contributed by atoms with Gasteiger partial charge in [-0.3, -0.25) is 14.4 Å². The smallest absolute Gasteiger partial charge is 0.310 e. The van der Waals surface area contributed by atoms with Crippen molar-refractivity contribution in [2.75, 3.05) is 19.8 Å². The molecule has 3 saturated heterocycles. The van der Waals surface area contributed by atoms with Gasteiger partial charge in [-0.1, -0.05) is 55.8 Å². The minimum atomic E-state index is -0.794. The number of aliphatic hydroxyl groups is 1. The minimum absolute atomic E-state index is 0.0337. The molecule has 214 valence electrons. The molecule has 3 fully saturated rings. The molecule has 0 aliphatic carbocycles. The van der Waals surface area contributed by atoms with Crippen molar-refractivity contribution in [3.63, 3.8) is 0 Å². The number of fused-ring (bicyclic) bond motifs is 1. The Kier molecular flexibility index (Phi) is 9.57. The van der Waals surface area contributed by atoms with E-state index in [2.05, 4.69) is 63.7 Å². The van der Waals surface area contributed by atoms with Gasteiger partial charge in [0, 0.05) is 22.2 Å². The Morgan fingerprint density at radius 3 is 2.47 bits per heavy atom. The molecule has 9 heteroatoms. The van der Waals surface area contributed by atoms with Gasteiger partial charge in [0.2, 0.25) is 11.8 Å². The number of thioether (sulfide) groups is 1. The van der Waals surface area contributed by atoms with Crippen molar-refractivity contribution in [1.29, 1.82) is 0 Å². The summed E-state index contributed by atoms with van der Waals surface area (Å²) < 4.78 is 4.80. The Hall–Kier alpha value is -1.32. The number of carbonyl (C=O) groups is 3. The number of likely N-dealkylation sites (tertiary alicyclic amines) is 1. The predicted molar refractivity (Wildman–Crippen MR) is 156 cm³/mol. The van der Waals surface area contributed by atoms with Crippen LogP contribution < -0.4 is 0 Å². The third kappa shape index (κ3) is 5.49. The van der Waals surface area contributed by atoms with Gasteiger partial charge in [0.15, 0.2) is 0 Å². The lowest BCUT2D eigenvalue weighted by atomic mass is 9.70. The number of alkyl halides is 1. The Morgan fingerprint density at radius 1 is 1.29 bits per heavy atom. The molecule has 2 amide bonds. The van der Waals surface area contributed by atoms with Crippen LogP contribution in [0, 0.1) is 17.3 Å². The third-order valence-corrected chi connectivity index (χ3v) is 11.4. The standard InChI is InChI=1S/C29H45BrN2O5S/c1-9-12-14-37-26(36)20-21-24(34)32(18(11-3)16-33)23(29(21)15-19(30)22(20)38-29)25(35)31(13-10-2)28(7,8)17-27(4,5)6/h9-10,18-23,33H,1-2,11-17H2,3-8H3/t18-,19?,20+,21-,22+,23?,29?/m0/s1. The lowest BCUT2D eigenvalue weighted by Crippen LogP contribution is -2.61. The summed E-state index contributed by atoms with van der Waals surface area (Å²) in [5.41, 5.74) is -0.542. The van der Waals surface area contributed by atoms with E-state index in [1.807, 2.05) is 11.8 Å². The van der Waals surface area contributed by atoms with Crippen LogP contribution in [-0.2, 0) is 19.1 Å². The Bertz CT molecular complexity index is 946. The second-order valence-corrected chi connectivity index (χ2v) is 15.4. The summed E-state index contributed by atoms with van der Waals surface area (Å²) in [6, 6.07) is -1.31. The third-order valence-electron chi connectivity index (χ3n) is 8.15. The van der Waals surface area contributed by atoms with Crippen molar-refractivity contribution in [1.82, 2.24) is 9.80 Å². The zero-order chi connectivity index (χ0) is 28.6. The van der Waals surface area contributed by atoms with Crippen molar-refractivity contribution < 1.29 is 24.2 Å². The van der Waals surface area contributed by atoms with E-state index >= 15 is 0 Å². The van der Waals surface area contributed by atoms with Crippen LogP contribution in [-0.4, -0.2) is 84.9 Å². The Balaban J connectivity index is 2.11. The quantitative estimate of drug-likeness (QED) is 0.150. The van der Waals surface area contributed by atoms with Crippen LogP contribution in [0.5, 0.6) is 0 Å². The maximum atomic E-state index is 14.7. The van der Waals surface area contributed by atoms with Gasteiger partial charge in [-0.25, -0.2) is 0 Å². The fraction of sp³-hybridized carbons (Fsp3) is 0.759. The number of halogens is 1. The second-order valence-electron chi connectivity index (χ2n) is 12.7. The summed E-state index contributed by atoms with van der Waals surface area (Å²) in [6.07, 6.45) is 5.80. The van der Waals surface area contributed by atoms with Crippen LogP contribution in [0.1, 0.15) is 67.2 Å². The van der Waals surface area contributed by atoms with Crippen LogP contribution in [0.3, 0.4) is 0 Å². The van der Waals surface area contributed by atoms with E-state index in [0.29, 0.717) is 25.8 Å². The van der Waals surface area contributed by atoms with E-state index in [4.69, 9.17) is 4.74 Å². The van der Waals surface area contributed by atoms with Crippen LogP contribution in [0.4, 0.5) is 0 Å². The van der Waals surface area contributed by atoms with Gasteiger partial charge < -0.3 is 19.6 Å². The number of carbonyl (C=O) groups excluding carboxylic acids is 3. The molecule has 3 aliphatic rings. The Labute approximate surface area is 240 Å². The van der Waals surface area contributed by atoms with Gasteiger partial charge in [0.25, 0.3) is 0 Å². The van der Waals surface area contributed by atoms with Crippen LogP contribution in [0.15, 0.2) is 25.3 Å². The number of esters is 1. The predicted octanol–water partition coefficient (Wildman–Crippen LogP) is 4.57. The van der Waals surface area contributed by atoms with E-state index < -0.39 is 40.2 Å². The first-order valence-electron chi connectivity index (χ1n) is 13.7. The molecule has 38 heavy (non-hydrogen) atoms. The molecule has 2 bridgehead atoms. The van der Waals surface area contributed by atoms with E-state index in [9.17, 15) is 19.5 Å². The van der Waals surface area contributed by atoms with Crippen molar-refractivity contribution in [3.8, 4) is 0 Å². The largest absolute Gasteiger partial charge is 0.465 e. The topological polar surface area (TPSA) is 87.2 Å². The van der Waals surface area contributed by atoms with Crippen LogP contribution in [0.25, 0.3) is 0 Å². The molecule has 7 nitrogen and oxygen atoms in total. The second kappa shape index (κ2) is 11.7. The molecule has 0 aromatic carbocycles. The summed E-state index contributed by atoms with van der Waals surface area (Å²) in [5, 5.41) is 10.1. The average molecular weight is 614 g/mol. The zero-order valence-corrected chi connectivity index (χ0v) is 26.1. The van der Waals surface area contributed by atoms with Gasteiger partial charge in [0.05, 0.1) is 35.8 Å². The monoisotopic (exact) mass is 612 g/mol. The molecule has 1 spiro atoms. The number of hydrogen-bond donors (Lipinski definition) is 1. The number of rotatable bonds is 12. The molecule has 3 heterocycles. The fourth-order valence-electron chi connectivity index (χ4n) is 7.07. The SMILES string of the molecule is C=CCCOC(=O)[C@H]1[C@@H]2SC3(CC2Br)C(C(=O)N(CC=C)C(C)(C)CC(C)(C)C)N([C@@H](CC)CO)C(=O)[C@H]13. The summed E-state index contributed by atoms with van der Waals surface area (Å²) >= 11 is 5.38. The highest BCUT2D eigenvalue weighted by Crippen LogP contribution is 2.68. The molecule has 1 N–H and O–H groups in total. The van der Waals surface area contributed by atoms with Crippen molar-refractivity contribution in [2.24, 2.45) is 17.3 Å². The van der Waals surface area contributed by atoms with Gasteiger partial charge in [-0.05, 0) is 44.9 Å². The number of amides is 2. The van der Waals surface area contributed by atoms with Crippen molar-refractivity contribution >= 4 is 45.5 Å². The molecular weight excluding hydrogens is 568 g/mol. The summed E-state index contributed by atoms with van der Waals surface area (Å²) in [6.45, 7) is 20.4. The first-order valence-corrected chi connectivity index (χ1v) is 15.4. The maximum absolute atomic E-state index is 14.7. The van der Waals surface area contributed by atoms with E-state index in [1.54, 1.807) is 28.8 Å². The molecular formula is C29H45BrN2O5S.